The number of methoxy groups -OCH3 is 1. The van der Waals surface area contributed by atoms with Crippen LogP contribution in [0.1, 0.15) is 48.5 Å². The summed E-state index contributed by atoms with van der Waals surface area (Å²) in [5.41, 5.74) is 0.794. The molecule has 0 fully saturated rings. The zero-order valence-electron chi connectivity index (χ0n) is 10.9. The van der Waals surface area contributed by atoms with Gasteiger partial charge in [0.05, 0.1) is 7.11 Å². The van der Waals surface area contributed by atoms with E-state index in [2.05, 4.69) is 11.7 Å². The van der Waals surface area contributed by atoms with Crippen LogP contribution in [0.15, 0.2) is 12.1 Å². The van der Waals surface area contributed by atoms with Gasteiger partial charge in [-0.15, -0.1) is 0 Å². The van der Waals surface area contributed by atoms with Gasteiger partial charge in [-0.2, -0.15) is 0 Å². The smallest absolute Gasteiger partial charge is 0.341 e. The van der Waals surface area contributed by atoms with E-state index in [0.29, 0.717) is 12.0 Å². The molecule has 0 bridgehead atoms. The Morgan fingerprint density at radius 3 is 2.56 bits per heavy atom. The van der Waals surface area contributed by atoms with E-state index < -0.39 is 5.97 Å². The first-order valence-electron chi connectivity index (χ1n) is 6.23. The number of carbonyl (C=O) groups is 1. The average molecular weight is 252 g/mol. The zero-order valence-corrected chi connectivity index (χ0v) is 10.9. The maximum absolute atomic E-state index is 11.6. The van der Waals surface area contributed by atoms with E-state index in [1.807, 2.05) is 0 Å². The minimum Gasteiger partial charge on any atom is -0.508 e. The molecule has 0 saturated heterocycles. The van der Waals surface area contributed by atoms with Gasteiger partial charge in [0.15, 0.2) is 0 Å². The lowest BCUT2D eigenvalue weighted by atomic mass is 9.99. The minimum absolute atomic E-state index is 0.0364. The van der Waals surface area contributed by atoms with Gasteiger partial charge < -0.3 is 14.9 Å². The monoisotopic (exact) mass is 252 g/mol. The Hall–Kier alpha value is -1.71. The summed E-state index contributed by atoms with van der Waals surface area (Å²) in [7, 11) is 1.27. The summed E-state index contributed by atoms with van der Waals surface area (Å²) in [6.07, 6.45) is 4.90. The third-order valence-corrected chi connectivity index (χ3v) is 2.87. The number of ether oxygens (including phenoxy) is 1. The zero-order chi connectivity index (χ0) is 13.5. The molecule has 4 heteroatoms. The van der Waals surface area contributed by atoms with Gasteiger partial charge in [0.25, 0.3) is 0 Å². The molecule has 0 unspecified atom stereocenters. The molecule has 0 amide bonds. The first kappa shape index (κ1) is 14.4. The number of carbonyl (C=O) groups excluding carboxylic acids is 1. The van der Waals surface area contributed by atoms with E-state index >= 15 is 0 Å². The van der Waals surface area contributed by atoms with E-state index in [0.717, 1.165) is 31.7 Å². The number of phenols is 2. The highest BCUT2D eigenvalue weighted by atomic mass is 16.5. The highest BCUT2D eigenvalue weighted by molar-refractivity contribution is 5.94. The molecule has 1 aromatic carbocycles. The van der Waals surface area contributed by atoms with E-state index in [4.69, 9.17) is 0 Å². The Balaban J connectivity index is 2.89. The van der Waals surface area contributed by atoms with Crippen LogP contribution in [0.3, 0.4) is 0 Å². The SMILES string of the molecule is CCCCCCc1cc(O)cc(O)c1C(=O)OC. The summed E-state index contributed by atoms with van der Waals surface area (Å²) >= 11 is 0. The largest absolute Gasteiger partial charge is 0.508 e. The summed E-state index contributed by atoms with van der Waals surface area (Å²) in [4.78, 5) is 11.6. The number of unbranched alkanes of at least 4 members (excludes halogenated alkanes) is 3. The second-order valence-corrected chi connectivity index (χ2v) is 4.30. The summed E-state index contributed by atoms with van der Waals surface area (Å²) in [5, 5.41) is 19.2. The maximum Gasteiger partial charge on any atom is 0.341 e. The molecular weight excluding hydrogens is 232 g/mol. The van der Waals surface area contributed by atoms with E-state index in [1.165, 1.54) is 13.2 Å². The first-order chi connectivity index (χ1) is 8.60. The van der Waals surface area contributed by atoms with E-state index in [9.17, 15) is 15.0 Å². The Bertz CT molecular complexity index is 413. The molecule has 100 valence electrons. The quantitative estimate of drug-likeness (QED) is 0.603. The molecule has 4 nitrogen and oxygen atoms in total. The van der Waals surface area contributed by atoms with Gasteiger partial charge in [-0.3, -0.25) is 0 Å². The Morgan fingerprint density at radius 1 is 1.22 bits per heavy atom. The maximum atomic E-state index is 11.6. The molecule has 0 aromatic heterocycles. The molecule has 0 aliphatic rings. The van der Waals surface area contributed by atoms with Crippen molar-refractivity contribution in [3.63, 3.8) is 0 Å². The van der Waals surface area contributed by atoms with Gasteiger partial charge in [-0.1, -0.05) is 26.2 Å². The standard InChI is InChI=1S/C14H20O4/c1-3-4-5-6-7-10-8-11(15)9-12(16)13(10)14(17)18-2/h8-9,15-16H,3-7H2,1-2H3. The molecule has 0 aliphatic carbocycles. The number of phenolic OH excluding ortho intramolecular Hbond substituents is 2. The normalized spacial score (nSPS) is 10.3. The van der Waals surface area contributed by atoms with Gasteiger partial charge in [-0.25, -0.2) is 4.79 Å². The third-order valence-electron chi connectivity index (χ3n) is 2.87. The van der Waals surface area contributed by atoms with Crippen molar-refractivity contribution in [3.05, 3.63) is 23.3 Å². The van der Waals surface area contributed by atoms with Gasteiger partial charge >= 0.3 is 5.97 Å². The highest BCUT2D eigenvalue weighted by Crippen LogP contribution is 2.29. The molecule has 18 heavy (non-hydrogen) atoms. The fourth-order valence-electron chi connectivity index (χ4n) is 1.95. The van der Waals surface area contributed by atoms with Gasteiger partial charge in [0.2, 0.25) is 0 Å². The second kappa shape index (κ2) is 6.89. The minimum atomic E-state index is -0.571. The second-order valence-electron chi connectivity index (χ2n) is 4.30. The number of esters is 1. The predicted molar refractivity (Wildman–Crippen MR) is 69.0 cm³/mol. The summed E-state index contributed by atoms with van der Waals surface area (Å²) in [6, 6.07) is 2.67. The number of rotatable bonds is 6. The highest BCUT2D eigenvalue weighted by Gasteiger charge is 2.18. The van der Waals surface area contributed by atoms with Crippen molar-refractivity contribution >= 4 is 5.97 Å². The Morgan fingerprint density at radius 2 is 1.94 bits per heavy atom. The van der Waals surface area contributed by atoms with Crippen molar-refractivity contribution in [1.82, 2.24) is 0 Å². The molecule has 0 aliphatic heterocycles. The van der Waals surface area contributed by atoms with Crippen molar-refractivity contribution in [2.24, 2.45) is 0 Å². The van der Waals surface area contributed by atoms with Crippen LogP contribution >= 0.6 is 0 Å². The third kappa shape index (κ3) is 3.65. The van der Waals surface area contributed by atoms with Gasteiger partial charge in [0.1, 0.15) is 17.1 Å². The number of hydrogen-bond acceptors (Lipinski definition) is 4. The number of aromatic hydroxyl groups is 2. The number of aryl methyl sites for hydroxylation is 1. The van der Waals surface area contributed by atoms with Crippen LogP contribution < -0.4 is 0 Å². The predicted octanol–water partition coefficient (Wildman–Crippen LogP) is 3.01. The molecule has 0 saturated carbocycles. The summed E-state index contributed by atoms with van der Waals surface area (Å²) in [6.45, 7) is 2.13. The average Bonchev–Trinajstić information content (AvgIpc) is 2.33. The lowest BCUT2D eigenvalue weighted by molar-refractivity contribution is 0.0596. The molecule has 1 rings (SSSR count). The topological polar surface area (TPSA) is 66.8 Å². The summed E-state index contributed by atoms with van der Waals surface area (Å²) < 4.78 is 4.64. The van der Waals surface area contributed by atoms with Crippen LogP contribution in [0.25, 0.3) is 0 Å². The molecule has 2 N–H and O–H groups in total. The van der Waals surface area contributed by atoms with Gasteiger partial charge in [0, 0.05) is 6.07 Å². The molecular formula is C14H20O4. The van der Waals surface area contributed by atoms with E-state index in [1.54, 1.807) is 0 Å². The molecule has 0 spiro atoms. The van der Waals surface area contributed by atoms with Crippen molar-refractivity contribution in [3.8, 4) is 11.5 Å². The fraction of sp³-hybridized carbons (Fsp3) is 0.500. The lowest BCUT2D eigenvalue weighted by Crippen LogP contribution is -2.06. The van der Waals surface area contributed by atoms with E-state index in [-0.39, 0.29) is 17.1 Å². The number of benzene rings is 1. The van der Waals surface area contributed by atoms with Gasteiger partial charge in [-0.05, 0) is 24.5 Å². The van der Waals surface area contributed by atoms with Crippen molar-refractivity contribution in [2.75, 3.05) is 7.11 Å². The Labute approximate surface area is 107 Å². The molecule has 1 aromatic rings. The fourth-order valence-corrected chi connectivity index (χ4v) is 1.95. The molecule has 0 radical (unpaired) electrons. The van der Waals surface area contributed by atoms with Crippen molar-refractivity contribution in [2.45, 2.75) is 39.0 Å². The van der Waals surface area contributed by atoms with Crippen LogP contribution in [0.5, 0.6) is 11.5 Å². The summed E-state index contributed by atoms with van der Waals surface area (Å²) in [5.74, 6) is -0.837. The van der Waals surface area contributed by atoms with Crippen LogP contribution in [0, 0.1) is 0 Å². The first-order valence-corrected chi connectivity index (χ1v) is 6.23. The molecule has 0 atom stereocenters. The van der Waals surface area contributed by atoms with Crippen molar-refractivity contribution in [1.29, 1.82) is 0 Å². The van der Waals surface area contributed by atoms with Crippen LogP contribution in [0.2, 0.25) is 0 Å². The van der Waals surface area contributed by atoms with Crippen LogP contribution in [-0.4, -0.2) is 23.3 Å². The van der Waals surface area contributed by atoms with Crippen molar-refractivity contribution < 1.29 is 19.7 Å². The molecule has 0 heterocycles. The Kier molecular flexibility index (Phi) is 5.49. The van der Waals surface area contributed by atoms with Crippen LogP contribution in [0.4, 0.5) is 0 Å². The lowest BCUT2D eigenvalue weighted by Gasteiger charge is -2.10. The van der Waals surface area contributed by atoms with Crippen LogP contribution in [-0.2, 0) is 11.2 Å². The number of hydrogen-bond donors (Lipinski definition) is 2.